The molecule has 1 amide bonds. The topological polar surface area (TPSA) is 66.5 Å². The average Bonchev–Trinajstić information content (AvgIpc) is 2.88. The van der Waals surface area contributed by atoms with Gasteiger partial charge in [-0.15, -0.1) is 0 Å². The predicted octanol–water partition coefficient (Wildman–Crippen LogP) is 5.84. The third-order valence-electron chi connectivity index (χ3n) is 6.08. The number of benzene rings is 3. The van der Waals surface area contributed by atoms with Crippen molar-refractivity contribution in [3.05, 3.63) is 70.2 Å². The van der Waals surface area contributed by atoms with Gasteiger partial charge in [0.2, 0.25) is 11.7 Å². The van der Waals surface area contributed by atoms with Crippen LogP contribution in [0.3, 0.4) is 0 Å². The summed E-state index contributed by atoms with van der Waals surface area (Å²) in [5, 5.41) is 0.591. The van der Waals surface area contributed by atoms with Crippen LogP contribution < -0.4 is 28.6 Å². The third-order valence-corrected chi connectivity index (χ3v) is 6.33. The maximum absolute atomic E-state index is 13.7. The van der Waals surface area contributed by atoms with E-state index in [1.165, 1.54) is 0 Å². The van der Waals surface area contributed by atoms with Crippen molar-refractivity contribution in [2.24, 2.45) is 0 Å². The van der Waals surface area contributed by atoms with Crippen LogP contribution in [0.4, 0.5) is 5.69 Å². The monoisotopic (exact) mass is 511 g/mol. The molecule has 8 heteroatoms. The average molecular weight is 512 g/mol. The predicted molar refractivity (Wildman–Crippen MR) is 139 cm³/mol. The van der Waals surface area contributed by atoms with Crippen molar-refractivity contribution in [2.45, 2.75) is 26.3 Å². The van der Waals surface area contributed by atoms with Crippen molar-refractivity contribution in [2.75, 3.05) is 39.4 Å². The van der Waals surface area contributed by atoms with E-state index in [0.29, 0.717) is 47.0 Å². The minimum atomic E-state index is -0.494. The van der Waals surface area contributed by atoms with E-state index < -0.39 is 6.04 Å². The van der Waals surface area contributed by atoms with Gasteiger partial charge in [0.15, 0.2) is 23.0 Å². The van der Waals surface area contributed by atoms with Crippen LogP contribution in [0.25, 0.3) is 0 Å². The zero-order valence-electron chi connectivity index (χ0n) is 21.1. The van der Waals surface area contributed by atoms with Crippen LogP contribution >= 0.6 is 11.6 Å². The number of carbonyl (C=O) groups is 1. The number of rotatable bonds is 9. The molecule has 3 aromatic carbocycles. The van der Waals surface area contributed by atoms with Gasteiger partial charge in [0.05, 0.1) is 47.0 Å². The molecule has 36 heavy (non-hydrogen) atoms. The summed E-state index contributed by atoms with van der Waals surface area (Å²) in [6.07, 6.45) is 0.214. The summed E-state index contributed by atoms with van der Waals surface area (Å²) in [6, 6.07) is 14.3. The van der Waals surface area contributed by atoms with Gasteiger partial charge in [-0.3, -0.25) is 4.79 Å². The van der Waals surface area contributed by atoms with E-state index in [1.54, 1.807) is 38.4 Å². The second-order valence-electron chi connectivity index (χ2n) is 8.14. The highest BCUT2D eigenvalue weighted by Crippen LogP contribution is 2.47. The van der Waals surface area contributed by atoms with Crippen molar-refractivity contribution in [1.29, 1.82) is 0 Å². The minimum absolute atomic E-state index is 0.0600. The van der Waals surface area contributed by atoms with Gasteiger partial charge in [0.25, 0.3) is 0 Å². The summed E-state index contributed by atoms with van der Waals surface area (Å²) in [6.45, 7) is 4.81. The number of fused-ring (bicyclic) bond motifs is 1. The van der Waals surface area contributed by atoms with Crippen LogP contribution in [0, 0.1) is 0 Å². The maximum Gasteiger partial charge on any atom is 0.232 e. The highest BCUT2D eigenvalue weighted by molar-refractivity contribution is 6.30. The van der Waals surface area contributed by atoms with E-state index in [9.17, 15) is 4.79 Å². The van der Waals surface area contributed by atoms with E-state index in [0.717, 1.165) is 22.4 Å². The highest BCUT2D eigenvalue weighted by Gasteiger charge is 2.37. The number of nitrogens with zero attached hydrogens (tertiary/aromatic N) is 1. The summed E-state index contributed by atoms with van der Waals surface area (Å²) in [5.41, 5.74) is 3.31. The van der Waals surface area contributed by atoms with Crippen LogP contribution in [0.5, 0.6) is 28.7 Å². The van der Waals surface area contributed by atoms with Crippen molar-refractivity contribution in [3.63, 3.8) is 0 Å². The van der Waals surface area contributed by atoms with Crippen molar-refractivity contribution in [1.82, 2.24) is 0 Å². The van der Waals surface area contributed by atoms with Gasteiger partial charge < -0.3 is 28.6 Å². The van der Waals surface area contributed by atoms with Gasteiger partial charge in [0, 0.05) is 10.7 Å². The van der Waals surface area contributed by atoms with E-state index in [2.05, 4.69) is 0 Å². The molecule has 1 heterocycles. The molecule has 0 N–H and O–H groups in total. The first-order chi connectivity index (χ1) is 17.4. The van der Waals surface area contributed by atoms with Crippen LogP contribution in [-0.2, 0) is 11.2 Å². The fourth-order valence-corrected chi connectivity index (χ4v) is 4.70. The number of hydrogen-bond acceptors (Lipinski definition) is 6. The lowest BCUT2D eigenvalue weighted by molar-refractivity contribution is -0.118. The van der Waals surface area contributed by atoms with Gasteiger partial charge >= 0.3 is 0 Å². The molecular weight excluding hydrogens is 482 g/mol. The van der Waals surface area contributed by atoms with Gasteiger partial charge in [-0.1, -0.05) is 11.6 Å². The molecule has 190 valence electrons. The summed E-state index contributed by atoms with van der Waals surface area (Å²) < 4.78 is 28.5. The van der Waals surface area contributed by atoms with Crippen molar-refractivity contribution < 1.29 is 28.5 Å². The Labute approximate surface area is 216 Å². The first kappa shape index (κ1) is 25.5. The lowest BCUT2D eigenvalue weighted by Gasteiger charge is -2.38. The number of anilines is 1. The molecule has 0 spiro atoms. The van der Waals surface area contributed by atoms with Crippen molar-refractivity contribution in [3.8, 4) is 28.7 Å². The first-order valence-corrected chi connectivity index (χ1v) is 12.1. The van der Waals surface area contributed by atoms with Crippen LogP contribution in [0.1, 0.15) is 36.6 Å². The van der Waals surface area contributed by atoms with E-state index >= 15 is 0 Å². The zero-order chi connectivity index (χ0) is 25.8. The Morgan fingerprint density at radius 2 is 1.42 bits per heavy atom. The summed E-state index contributed by atoms with van der Waals surface area (Å²) >= 11 is 6.16. The molecule has 0 aromatic heterocycles. The molecule has 1 atom stereocenters. The number of hydrogen-bond donors (Lipinski definition) is 0. The van der Waals surface area contributed by atoms with Crippen LogP contribution in [-0.4, -0.2) is 40.5 Å². The Morgan fingerprint density at radius 1 is 0.833 bits per heavy atom. The van der Waals surface area contributed by atoms with Gasteiger partial charge in [-0.2, -0.15) is 0 Å². The number of carbonyl (C=O) groups excluding carboxylic acids is 1. The number of methoxy groups -OCH3 is 3. The van der Waals surface area contributed by atoms with Gasteiger partial charge in [0.1, 0.15) is 0 Å². The smallest absolute Gasteiger partial charge is 0.232 e. The quantitative estimate of drug-likeness (QED) is 0.359. The largest absolute Gasteiger partial charge is 0.493 e. The fourth-order valence-electron chi connectivity index (χ4n) is 4.58. The fraction of sp³-hybridized carbons (Fsp3) is 0.321. The molecule has 7 nitrogen and oxygen atoms in total. The summed E-state index contributed by atoms with van der Waals surface area (Å²) in [4.78, 5) is 15.4. The lowest BCUT2D eigenvalue weighted by atomic mass is 9.86. The molecule has 0 radical (unpaired) electrons. The zero-order valence-corrected chi connectivity index (χ0v) is 21.8. The number of amides is 1. The normalized spacial score (nSPS) is 14.8. The molecule has 0 saturated carbocycles. The molecule has 1 aliphatic heterocycles. The van der Waals surface area contributed by atoms with E-state index in [1.807, 2.05) is 50.2 Å². The molecular formula is C28H30ClNO6. The minimum Gasteiger partial charge on any atom is -0.493 e. The molecule has 1 aliphatic rings. The van der Waals surface area contributed by atoms with E-state index in [-0.39, 0.29) is 12.3 Å². The molecule has 0 aliphatic carbocycles. The van der Waals surface area contributed by atoms with Gasteiger partial charge in [-0.05, 0) is 79.1 Å². The third kappa shape index (κ3) is 4.75. The number of ether oxygens (including phenoxy) is 5. The lowest BCUT2D eigenvalue weighted by Crippen LogP contribution is -2.41. The molecule has 4 rings (SSSR count). The Balaban J connectivity index is 1.99. The second-order valence-corrected chi connectivity index (χ2v) is 8.58. The molecule has 3 aromatic rings. The molecule has 0 saturated heterocycles. The molecule has 0 fully saturated rings. The number of halogens is 1. The second kappa shape index (κ2) is 11.0. The SMILES string of the molecule is CCOc1cc2c(cc1OCC)[C@H](c1cc(OC)c(OC)c(OC)c1)N(c1ccc(Cl)cc1)C(=O)C2. The molecule has 0 unspecified atom stereocenters. The van der Waals surface area contributed by atoms with E-state index in [4.69, 9.17) is 35.3 Å². The Hall–Kier alpha value is -3.58. The summed E-state index contributed by atoms with van der Waals surface area (Å²) in [5.74, 6) is 2.66. The van der Waals surface area contributed by atoms with Crippen LogP contribution in [0.2, 0.25) is 5.02 Å². The Morgan fingerprint density at radius 3 is 1.94 bits per heavy atom. The maximum atomic E-state index is 13.7. The van der Waals surface area contributed by atoms with Gasteiger partial charge in [-0.25, -0.2) is 0 Å². The summed E-state index contributed by atoms with van der Waals surface area (Å²) in [7, 11) is 4.70. The van der Waals surface area contributed by atoms with Crippen molar-refractivity contribution >= 4 is 23.2 Å². The first-order valence-electron chi connectivity index (χ1n) is 11.8. The standard InChI is InChI=1S/C28H30ClNO6/c1-6-35-22-12-17-15-26(31)30(20-10-8-19(29)9-11-20)27(21(17)16-23(22)36-7-2)18-13-24(32-3)28(34-5)25(14-18)33-4/h8-14,16,27H,6-7,15H2,1-5H3/t27-/m0/s1. The Kier molecular flexibility index (Phi) is 7.79. The highest BCUT2D eigenvalue weighted by atomic mass is 35.5. The molecule has 0 bridgehead atoms. The Bertz CT molecular complexity index is 1220. The van der Waals surface area contributed by atoms with Crippen LogP contribution in [0.15, 0.2) is 48.5 Å².